The summed E-state index contributed by atoms with van der Waals surface area (Å²) in [6, 6.07) is 8.24. The van der Waals surface area contributed by atoms with Crippen LogP contribution in [0.4, 0.5) is 0 Å². The summed E-state index contributed by atoms with van der Waals surface area (Å²) in [4.78, 5) is 36.4. The molecule has 2 rings (SSSR count). The van der Waals surface area contributed by atoms with Crippen LogP contribution in [-0.4, -0.2) is 31.5 Å². The number of amides is 2. The molecular weight excluding hydrogens is 384 g/mol. The molecule has 2 amide bonds. The van der Waals surface area contributed by atoms with Crippen molar-refractivity contribution in [2.45, 2.75) is 20.8 Å². The number of hydrogen-bond acceptors (Lipinski definition) is 5. The van der Waals surface area contributed by atoms with Crippen molar-refractivity contribution in [1.82, 2.24) is 10.9 Å². The second-order valence-electron chi connectivity index (χ2n) is 6.20. The fourth-order valence-corrected chi connectivity index (χ4v) is 2.96. The van der Waals surface area contributed by atoms with Gasteiger partial charge < -0.3 is 9.47 Å². The van der Waals surface area contributed by atoms with E-state index < -0.39 is 24.4 Å². The van der Waals surface area contributed by atoms with Crippen molar-refractivity contribution in [3.63, 3.8) is 0 Å². The first-order chi connectivity index (χ1) is 13.2. The number of benzene rings is 2. The van der Waals surface area contributed by atoms with Gasteiger partial charge in [0.05, 0.1) is 18.2 Å². The molecule has 2 aromatic carbocycles. The van der Waals surface area contributed by atoms with Crippen LogP contribution in [0, 0.1) is 20.8 Å². The van der Waals surface area contributed by atoms with Crippen molar-refractivity contribution in [2.24, 2.45) is 0 Å². The highest BCUT2D eigenvalue weighted by Gasteiger charge is 2.17. The summed E-state index contributed by atoms with van der Waals surface area (Å²) in [5, 5.41) is 0.343. The van der Waals surface area contributed by atoms with Gasteiger partial charge >= 0.3 is 5.97 Å². The molecule has 0 aromatic heterocycles. The number of rotatable bonds is 5. The standard InChI is InChI=1S/C20H21ClN2O5/c1-11-7-12(2)18(13(3)8-11)20(26)28-10-17(24)22-23-19(25)15-9-14(21)5-6-16(15)27-4/h5-9H,10H2,1-4H3,(H,22,24)(H,23,25). The summed E-state index contributed by atoms with van der Waals surface area (Å²) in [6.45, 7) is 4.99. The summed E-state index contributed by atoms with van der Waals surface area (Å²) >= 11 is 5.88. The molecule has 0 atom stereocenters. The normalized spacial score (nSPS) is 10.2. The lowest BCUT2D eigenvalue weighted by atomic mass is 10.00. The van der Waals surface area contributed by atoms with Crippen LogP contribution in [0.2, 0.25) is 5.02 Å². The minimum atomic E-state index is -0.690. The number of esters is 1. The van der Waals surface area contributed by atoms with Crippen LogP contribution in [0.5, 0.6) is 5.75 Å². The van der Waals surface area contributed by atoms with E-state index in [1.54, 1.807) is 19.9 Å². The summed E-state index contributed by atoms with van der Waals surface area (Å²) in [5.74, 6) is -1.62. The highest BCUT2D eigenvalue weighted by molar-refractivity contribution is 6.31. The molecule has 0 unspecified atom stereocenters. The number of aryl methyl sites for hydroxylation is 3. The Bertz CT molecular complexity index is 904. The predicted molar refractivity (Wildman–Crippen MR) is 105 cm³/mol. The fraction of sp³-hybridized carbons (Fsp3) is 0.250. The second kappa shape index (κ2) is 9.23. The number of methoxy groups -OCH3 is 1. The van der Waals surface area contributed by atoms with E-state index in [-0.39, 0.29) is 5.56 Å². The van der Waals surface area contributed by atoms with E-state index in [0.29, 0.717) is 16.3 Å². The van der Waals surface area contributed by atoms with Crippen molar-refractivity contribution in [2.75, 3.05) is 13.7 Å². The van der Waals surface area contributed by atoms with E-state index in [1.807, 2.05) is 19.1 Å². The van der Waals surface area contributed by atoms with Crippen molar-refractivity contribution >= 4 is 29.4 Å². The van der Waals surface area contributed by atoms with Gasteiger partial charge in [0.15, 0.2) is 6.61 Å². The van der Waals surface area contributed by atoms with Crippen LogP contribution in [-0.2, 0) is 9.53 Å². The van der Waals surface area contributed by atoms with Gasteiger partial charge in [0.1, 0.15) is 5.75 Å². The molecule has 0 heterocycles. The first-order valence-corrected chi connectivity index (χ1v) is 8.78. The Morgan fingerprint density at radius 1 is 1.00 bits per heavy atom. The number of nitrogens with one attached hydrogen (secondary N) is 2. The molecule has 0 saturated heterocycles. The molecule has 8 heteroatoms. The lowest BCUT2D eigenvalue weighted by Gasteiger charge is -2.12. The van der Waals surface area contributed by atoms with Gasteiger partial charge in [-0.3, -0.25) is 20.4 Å². The van der Waals surface area contributed by atoms with Crippen molar-refractivity contribution in [3.8, 4) is 5.75 Å². The van der Waals surface area contributed by atoms with Gasteiger partial charge in [0.25, 0.3) is 11.8 Å². The second-order valence-corrected chi connectivity index (χ2v) is 6.63. The van der Waals surface area contributed by atoms with Crippen LogP contribution in [0.3, 0.4) is 0 Å². The smallest absolute Gasteiger partial charge is 0.339 e. The topological polar surface area (TPSA) is 93.7 Å². The number of carbonyl (C=O) groups excluding carboxylic acids is 3. The molecule has 0 fully saturated rings. The van der Waals surface area contributed by atoms with Gasteiger partial charge in [-0.05, 0) is 50.1 Å². The number of halogens is 1. The maximum Gasteiger partial charge on any atom is 0.339 e. The van der Waals surface area contributed by atoms with Gasteiger partial charge in [-0.25, -0.2) is 4.79 Å². The maximum atomic E-state index is 12.3. The van der Waals surface area contributed by atoms with E-state index in [4.69, 9.17) is 21.1 Å². The molecule has 148 valence electrons. The third kappa shape index (κ3) is 5.23. The average Bonchev–Trinajstić information content (AvgIpc) is 2.63. The Morgan fingerprint density at radius 3 is 2.25 bits per heavy atom. The zero-order valence-electron chi connectivity index (χ0n) is 16.0. The van der Waals surface area contributed by atoms with E-state index in [1.165, 1.54) is 19.2 Å². The molecule has 0 radical (unpaired) electrons. The Balaban J connectivity index is 1.92. The van der Waals surface area contributed by atoms with Crippen molar-refractivity contribution in [3.05, 3.63) is 63.2 Å². The number of hydrazine groups is 1. The molecular formula is C20H21ClN2O5. The minimum absolute atomic E-state index is 0.151. The SMILES string of the molecule is COc1ccc(Cl)cc1C(=O)NNC(=O)COC(=O)c1c(C)cc(C)cc1C. The fourth-order valence-electron chi connectivity index (χ4n) is 2.79. The van der Waals surface area contributed by atoms with Gasteiger partial charge in [-0.1, -0.05) is 29.3 Å². The van der Waals surface area contributed by atoms with E-state index in [2.05, 4.69) is 10.9 Å². The number of hydrogen-bond donors (Lipinski definition) is 2. The molecule has 2 aromatic rings. The average molecular weight is 405 g/mol. The number of ether oxygens (including phenoxy) is 2. The molecule has 0 saturated carbocycles. The molecule has 28 heavy (non-hydrogen) atoms. The van der Waals surface area contributed by atoms with Crippen LogP contribution >= 0.6 is 11.6 Å². The summed E-state index contributed by atoms with van der Waals surface area (Å²) < 4.78 is 10.1. The van der Waals surface area contributed by atoms with E-state index in [9.17, 15) is 14.4 Å². The third-order valence-electron chi connectivity index (χ3n) is 3.94. The van der Waals surface area contributed by atoms with Crippen LogP contribution in [0.25, 0.3) is 0 Å². The molecule has 0 spiro atoms. The predicted octanol–water partition coefficient (Wildman–Crippen LogP) is 2.89. The summed E-state index contributed by atoms with van der Waals surface area (Å²) in [6.07, 6.45) is 0. The number of carbonyl (C=O) groups is 3. The van der Waals surface area contributed by atoms with E-state index in [0.717, 1.165) is 16.7 Å². The zero-order valence-corrected chi connectivity index (χ0v) is 16.8. The molecule has 2 N–H and O–H groups in total. The summed E-state index contributed by atoms with van der Waals surface area (Å²) in [7, 11) is 1.41. The molecule has 0 aliphatic heterocycles. The monoisotopic (exact) mass is 404 g/mol. The highest BCUT2D eigenvalue weighted by atomic mass is 35.5. The van der Waals surface area contributed by atoms with Gasteiger partial charge in [-0.15, -0.1) is 0 Å². The van der Waals surface area contributed by atoms with Crippen molar-refractivity contribution < 1.29 is 23.9 Å². The van der Waals surface area contributed by atoms with Gasteiger partial charge in [0, 0.05) is 5.02 Å². The van der Waals surface area contributed by atoms with E-state index >= 15 is 0 Å². The highest BCUT2D eigenvalue weighted by Crippen LogP contribution is 2.22. The molecule has 7 nitrogen and oxygen atoms in total. The Kier molecular flexibility index (Phi) is 7.00. The summed E-state index contributed by atoms with van der Waals surface area (Å²) in [5.41, 5.74) is 7.55. The lowest BCUT2D eigenvalue weighted by molar-refractivity contribution is -0.125. The first kappa shape index (κ1) is 21.2. The van der Waals surface area contributed by atoms with Gasteiger partial charge in [0.2, 0.25) is 0 Å². The molecule has 0 bridgehead atoms. The first-order valence-electron chi connectivity index (χ1n) is 8.40. The van der Waals surface area contributed by atoms with Crippen LogP contribution in [0.15, 0.2) is 30.3 Å². The largest absolute Gasteiger partial charge is 0.496 e. The maximum absolute atomic E-state index is 12.3. The minimum Gasteiger partial charge on any atom is -0.496 e. The van der Waals surface area contributed by atoms with Crippen molar-refractivity contribution in [1.29, 1.82) is 0 Å². The van der Waals surface area contributed by atoms with Crippen LogP contribution in [0.1, 0.15) is 37.4 Å². The lowest BCUT2D eigenvalue weighted by Crippen LogP contribution is -2.43. The Hall–Kier alpha value is -3.06. The molecule has 0 aliphatic carbocycles. The van der Waals surface area contributed by atoms with Crippen LogP contribution < -0.4 is 15.6 Å². The zero-order chi connectivity index (χ0) is 20.8. The Morgan fingerprint density at radius 2 is 1.64 bits per heavy atom. The Labute approximate surface area is 167 Å². The molecule has 0 aliphatic rings. The quantitative estimate of drug-likeness (QED) is 0.590. The third-order valence-corrected chi connectivity index (χ3v) is 4.17. The van der Waals surface area contributed by atoms with Gasteiger partial charge in [-0.2, -0.15) is 0 Å².